The number of hydrogen-bond donors (Lipinski definition) is 2. The first-order chi connectivity index (χ1) is 15.2. The molecule has 162 valence electrons. The van der Waals surface area contributed by atoms with Crippen molar-refractivity contribution in [3.8, 4) is 5.75 Å². The van der Waals surface area contributed by atoms with Gasteiger partial charge in [-0.2, -0.15) is 13.2 Å². The molecule has 4 aromatic rings. The van der Waals surface area contributed by atoms with E-state index < -0.39 is 17.6 Å². The molecule has 4 rings (SSSR count). The third-order valence-corrected chi connectivity index (χ3v) is 4.56. The molecule has 0 bridgehead atoms. The Morgan fingerprint density at radius 3 is 2.47 bits per heavy atom. The van der Waals surface area contributed by atoms with Crippen LogP contribution in [0, 0.1) is 6.92 Å². The predicted molar refractivity (Wildman–Crippen MR) is 111 cm³/mol. The molecule has 2 N–H and O–H groups in total. The fraction of sp³-hybridized carbons (Fsp3) is 0.0870. The lowest BCUT2D eigenvalue weighted by molar-refractivity contribution is -0.137. The summed E-state index contributed by atoms with van der Waals surface area (Å²) in [4.78, 5) is 21.3. The summed E-state index contributed by atoms with van der Waals surface area (Å²) < 4.78 is 44.2. The fourth-order valence-electron chi connectivity index (χ4n) is 2.92. The number of halogens is 3. The first-order valence-electron chi connectivity index (χ1n) is 9.42. The average Bonchev–Trinajstić information content (AvgIpc) is 2.74. The number of rotatable bonds is 3. The van der Waals surface area contributed by atoms with Gasteiger partial charge in [0.1, 0.15) is 22.7 Å². The Labute approximate surface area is 179 Å². The topological polar surface area (TPSA) is 87.7 Å². The van der Waals surface area contributed by atoms with Crippen LogP contribution in [0.25, 0.3) is 11.0 Å². The highest BCUT2D eigenvalue weighted by Gasteiger charge is 2.29. The van der Waals surface area contributed by atoms with Gasteiger partial charge in [0.25, 0.3) is 5.91 Å². The number of alkyl halides is 3. The molecule has 6 nitrogen and oxygen atoms in total. The van der Waals surface area contributed by atoms with Crippen LogP contribution in [-0.2, 0) is 6.18 Å². The fourth-order valence-corrected chi connectivity index (χ4v) is 2.92. The summed E-state index contributed by atoms with van der Waals surface area (Å²) >= 11 is 0. The van der Waals surface area contributed by atoms with Crippen molar-refractivity contribution in [3.05, 3.63) is 89.1 Å². The molecule has 9 heteroatoms. The van der Waals surface area contributed by atoms with E-state index in [1.165, 1.54) is 30.3 Å². The number of fused-ring (bicyclic) bond motifs is 1. The number of aromatic nitrogens is 1. The number of pyridine rings is 1. The minimum absolute atomic E-state index is 0.0467. The molecule has 2 aromatic carbocycles. The number of nitrogens with zero attached hydrogens (tertiary/aromatic N) is 2. The van der Waals surface area contributed by atoms with Crippen molar-refractivity contribution >= 4 is 28.4 Å². The molecule has 2 aromatic heterocycles. The highest BCUT2D eigenvalue weighted by atomic mass is 19.4. The Bertz CT molecular complexity index is 1360. The molecule has 0 aliphatic rings. The van der Waals surface area contributed by atoms with E-state index in [4.69, 9.17) is 4.42 Å². The van der Waals surface area contributed by atoms with Crippen LogP contribution in [0.2, 0.25) is 0 Å². The molecular weight excluding hydrogens is 423 g/mol. The minimum Gasteiger partial charge on any atom is -0.508 e. The van der Waals surface area contributed by atoms with Gasteiger partial charge in [-0.1, -0.05) is 6.07 Å². The van der Waals surface area contributed by atoms with Gasteiger partial charge < -0.3 is 14.8 Å². The molecule has 0 unspecified atom stereocenters. The van der Waals surface area contributed by atoms with Crippen LogP contribution in [0.5, 0.6) is 5.75 Å². The van der Waals surface area contributed by atoms with E-state index in [-0.39, 0.29) is 28.1 Å². The number of hydrogen-bond acceptors (Lipinski definition) is 5. The van der Waals surface area contributed by atoms with Gasteiger partial charge in [-0.25, -0.2) is 9.98 Å². The Morgan fingerprint density at radius 2 is 1.81 bits per heavy atom. The molecule has 32 heavy (non-hydrogen) atoms. The predicted octanol–water partition coefficient (Wildman–Crippen LogP) is 5.35. The molecule has 0 saturated carbocycles. The number of anilines is 1. The third kappa shape index (κ3) is 4.61. The van der Waals surface area contributed by atoms with Gasteiger partial charge >= 0.3 is 6.18 Å². The molecule has 0 fully saturated rings. The molecule has 2 heterocycles. The Hall–Kier alpha value is -4.14. The maximum Gasteiger partial charge on any atom is 0.416 e. The largest absolute Gasteiger partial charge is 0.508 e. The zero-order chi connectivity index (χ0) is 22.9. The number of phenols is 1. The number of carbonyl (C=O) groups excluding carboxylic acids is 1. The van der Waals surface area contributed by atoms with E-state index >= 15 is 0 Å². The summed E-state index contributed by atoms with van der Waals surface area (Å²) in [7, 11) is 0. The maximum absolute atomic E-state index is 12.9. The smallest absolute Gasteiger partial charge is 0.416 e. The zero-order valence-corrected chi connectivity index (χ0v) is 16.6. The molecule has 0 radical (unpaired) electrons. The van der Waals surface area contributed by atoms with Crippen LogP contribution in [0.3, 0.4) is 0 Å². The van der Waals surface area contributed by atoms with Crippen molar-refractivity contribution < 1.29 is 27.5 Å². The maximum atomic E-state index is 12.9. The monoisotopic (exact) mass is 439 g/mol. The van der Waals surface area contributed by atoms with Crippen LogP contribution < -0.4 is 10.9 Å². The van der Waals surface area contributed by atoms with Crippen molar-refractivity contribution in [1.29, 1.82) is 0 Å². The van der Waals surface area contributed by atoms with Crippen LogP contribution in [-0.4, -0.2) is 16.0 Å². The van der Waals surface area contributed by atoms with Gasteiger partial charge in [-0.3, -0.25) is 4.79 Å². The standard InChI is InChI=1S/C23H16F3N3O3/c1-13-2-9-20(27-12-13)29-21(31)18-10-14-3-8-17(30)11-19(14)32-22(18)28-16-6-4-15(5-7-16)23(24,25)26/h2-12,30H,1H3,(H,27,29,31). The molecular formula is C23H16F3N3O3. The Kier molecular flexibility index (Phi) is 5.40. The summed E-state index contributed by atoms with van der Waals surface area (Å²) in [5.74, 6) is -0.305. The number of aryl methyl sites for hydroxylation is 1. The van der Waals surface area contributed by atoms with Crippen molar-refractivity contribution in [3.63, 3.8) is 0 Å². The second kappa shape index (κ2) is 8.18. The van der Waals surface area contributed by atoms with Crippen molar-refractivity contribution in [1.82, 2.24) is 4.98 Å². The normalized spacial score (nSPS) is 12.2. The van der Waals surface area contributed by atoms with Crippen LogP contribution in [0.4, 0.5) is 24.7 Å². The van der Waals surface area contributed by atoms with Crippen molar-refractivity contribution in [2.75, 3.05) is 5.32 Å². The van der Waals surface area contributed by atoms with Gasteiger partial charge in [-0.15, -0.1) is 0 Å². The molecule has 0 spiro atoms. The van der Waals surface area contributed by atoms with Gasteiger partial charge in [0, 0.05) is 17.6 Å². The molecule has 0 aliphatic heterocycles. The van der Waals surface area contributed by atoms with Gasteiger partial charge in [-0.05, 0) is 61.0 Å². The summed E-state index contributed by atoms with van der Waals surface area (Å²) in [6.07, 6.45) is -2.88. The van der Waals surface area contributed by atoms with Crippen LogP contribution in [0.1, 0.15) is 21.5 Å². The minimum atomic E-state index is -4.48. The Morgan fingerprint density at radius 1 is 1.06 bits per heavy atom. The first-order valence-corrected chi connectivity index (χ1v) is 9.42. The Balaban J connectivity index is 1.81. The molecule has 0 saturated heterocycles. The number of phenolic OH excluding ortho intramolecular Hbond substituents is 1. The number of carbonyl (C=O) groups is 1. The van der Waals surface area contributed by atoms with E-state index in [2.05, 4.69) is 15.3 Å². The van der Waals surface area contributed by atoms with E-state index in [9.17, 15) is 23.1 Å². The molecule has 0 aliphatic carbocycles. The average molecular weight is 439 g/mol. The quantitative estimate of drug-likeness (QED) is 0.451. The first kappa shape index (κ1) is 21.1. The summed E-state index contributed by atoms with van der Waals surface area (Å²) in [5, 5.41) is 12.9. The summed E-state index contributed by atoms with van der Waals surface area (Å²) in [5.41, 5.74) is 0.420. The lowest BCUT2D eigenvalue weighted by Gasteiger charge is -2.08. The van der Waals surface area contributed by atoms with Gasteiger partial charge in [0.05, 0.1) is 11.3 Å². The van der Waals surface area contributed by atoms with Crippen LogP contribution >= 0.6 is 0 Å². The third-order valence-electron chi connectivity index (χ3n) is 4.56. The lowest BCUT2D eigenvalue weighted by Crippen LogP contribution is -2.22. The highest BCUT2D eigenvalue weighted by Crippen LogP contribution is 2.30. The molecule has 1 amide bonds. The number of nitrogens with one attached hydrogen (secondary N) is 1. The van der Waals surface area contributed by atoms with E-state index in [0.717, 1.165) is 17.7 Å². The van der Waals surface area contributed by atoms with Gasteiger partial charge in [0.2, 0.25) is 5.55 Å². The van der Waals surface area contributed by atoms with Crippen molar-refractivity contribution in [2.24, 2.45) is 4.99 Å². The van der Waals surface area contributed by atoms with Crippen molar-refractivity contribution in [2.45, 2.75) is 13.1 Å². The number of aromatic hydroxyl groups is 1. The van der Waals surface area contributed by atoms with Gasteiger partial charge in [0.15, 0.2) is 0 Å². The molecule has 0 atom stereocenters. The van der Waals surface area contributed by atoms with E-state index in [0.29, 0.717) is 11.2 Å². The van der Waals surface area contributed by atoms with E-state index in [1.54, 1.807) is 24.4 Å². The number of amides is 1. The number of benzene rings is 2. The summed E-state index contributed by atoms with van der Waals surface area (Å²) in [6, 6.07) is 13.4. The SMILES string of the molecule is Cc1ccc(NC(=O)c2cc3ccc(O)cc3oc2=Nc2ccc(C(F)(F)F)cc2)nc1. The summed E-state index contributed by atoms with van der Waals surface area (Å²) in [6.45, 7) is 1.86. The van der Waals surface area contributed by atoms with Crippen LogP contribution in [0.15, 0.2) is 76.3 Å². The zero-order valence-electron chi connectivity index (χ0n) is 16.6. The second-order valence-corrected chi connectivity index (χ2v) is 7.02. The van der Waals surface area contributed by atoms with E-state index in [1.807, 2.05) is 6.92 Å². The second-order valence-electron chi connectivity index (χ2n) is 7.02. The highest BCUT2D eigenvalue weighted by molar-refractivity contribution is 6.05. The lowest BCUT2D eigenvalue weighted by atomic mass is 10.1.